The minimum Gasteiger partial charge on any atom is -0.354 e. The third kappa shape index (κ3) is 4.12. The molecule has 0 bridgehead atoms. The lowest BCUT2D eigenvalue weighted by Crippen LogP contribution is -2.18. The summed E-state index contributed by atoms with van der Waals surface area (Å²) in [7, 11) is 0. The first kappa shape index (κ1) is 12.4. The molecule has 0 aliphatic carbocycles. The van der Waals surface area contributed by atoms with Crippen molar-refractivity contribution in [3.05, 3.63) is 12.4 Å². The lowest BCUT2D eigenvalue weighted by Gasteiger charge is -2.13. The largest absolute Gasteiger partial charge is 0.354 e. The molecule has 1 aromatic rings. The van der Waals surface area contributed by atoms with Crippen LogP contribution in [-0.2, 0) is 6.54 Å². The van der Waals surface area contributed by atoms with E-state index in [2.05, 4.69) is 35.6 Å². The van der Waals surface area contributed by atoms with E-state index in [0.717, 1.165) is 25.5 Å². The van der Waals surface area contributed by atoms with E-state index in [9.17, 15) is 0 Å². The molecular weight excluding hydrogens is 210 g/mol. The van der Waals surface area contributed by atoms with Gasteiger partial charge in [0.05, 0.1) is 5.38 Å². The van der Waals surface area contributed by atoms with Gasteiger partial charge >= 0.3 is 0 Å². The van der Waals surface area contributed by atoms with Crippen LogP contribution in [0, 0.1) is 5.92 Å². The molecular formula is C11H20ClN3. The van der Waals surface area contributed by atoms with Crippen molar-refractivity contribution in [2.24, 2.45) is 5.92 Å². The number of anilines is 1. The van der Waals surface area contributed by atoms with Gasteiger partial charge in [0.2, 0.25) is 5.95 Å². The van der Waals surface area contributed by atoms with E-state index in [-0.39, 0.29) is 5.38 Å². The molecule has 4 heteroatoms. The molecule has 1 aromatic heterocycles. The molecule has 1 N–H and O–H groups in total. The highest BCUT2D eigenvalue weighted by atomic mass is 35.5. The second kappa shape index (κ2) is 6.01. The van der Waals surface area contributed by atoms with Crippen molar-refractivity contribution in [3.8, 4) is 0 Å². The Kier molecular flexibility index (Phi) is 4.95. The number of hydrogen-bond acceptors (Lipinski definition) is 2. The summed E-state index contributed by atoms with van der Waals surface area (Å²) in [6.07, 6.45) is 4.80. The van der Waals surface area contributed by atoms with Gasteiger partial charge in [0.1, 0.15) is 0 Å². The van der Waals surface area contributed by atoms with Crippen LogP contribution in [-0.4, -0.2) is 21.5 Å². The Hall–Kier alpha value is -0.700. The maximum atomic E-state index is 6.19. The zero-order valence-corrected chi connectivity index (χ0v) is 10.5. The van der Waals surface area contributed by atoms with E-state index < -0.39 is 0 Å². The van der Waals surface area contributed by atoms with Crippen molar-refractivity contribution < 1.29 is 0 Å². The minimum absolute atomic E-state index is 0.173. The van der Waals surface area contributed by atoms with Crippen LogP contribution in [0.3, 0.4) is 0 Å². The van der Waals surface area contributed by atoms with Crippen molar-refractivity contribution in [1.29, 1.82) is 0 Å². The van der Waals surface area contributed by atoms with Gasteiger partial charge in [0.25, 0.3) is 0 Å². The van der Waals surface area contributed by atoms with Crippen molar-refractivity contribution >= 4 is 17.5 Å². The van der Waals surface area contributed by atoms with Gasteiger partial charge in [0.15, 0.2) is 0 Å². The summed E-state index contributed by atoms with van der Waals surface area (Å²) < 4.78 is 2.07. The maximum absolute atomic E-state index is 6.19. The molecule has 0 aromatic carbocycles. The number of halogens is 1. The van der Waals surface area contributed by atoms with E-state index in [1.54, 1.807) is 6.20 Å². The van der Waals surface area contributed by atoms with Crippen LogP contribution < -0.4 is 5.32 Å². The van der Waals surface area contributed by atoms with Gasteiger partial charge < -0.3 is 9.88 Å². The summed E-state index contributed by atoms with van der Waals surface area (Å²) in [5.74, 6) is 1.55. The third-order valence-electron chi connectivity index (χ3n) is 2.26. The van der Waals surface area contributed by atoms with Gasteiger partial charge in [0, 0.05) is 25.5 Å². The zero-order chi connectivity index (χ0) is 11.3. The summed E-state index contributed by atoms with van der Waals surface area (Å²) in [4.78, 5) is 4.23. The lowest BCUT2D eigenvalue weighted by atomic mass is 10.1. The van der Waals surface area contributed by atoms with E-state index in [1.165, 1.54) is 0 Å². The van der Waals surface area contributed by atoms with Crippen molar-refractivity contribution in [2.45, 2.75) is 39.1 Å². The summed E-state index contributed by atoms with van der Waals surface area (Å²) in [5.41, 5.74) is 0. The second-order valence-corrected chi connectivity index (χ2v) is 4.76. The van der Waals surface area contributed by atoms with Crippen molar-refractivity contribution in [1.82, 2.24) is 9.55 Å². The van der Waals surface area contributed by atoms with Crippen LogP contribution in [0.1, 0.15) is 27.2 Å². The average Bonchev–Trinajstić information content (AvgIpc) is 2.60. The highest BCUT2D eigenvalue weighted by Crippen LogP contribution is 2.12. The van der Waals surface area contributed by atoms with Crippen LogP contribution in [0.5, 0.6) is 0 Å². The Morgan fingerprint density at radius 1 is 1.53 bits per heavy atom. The number of nitrogens with one attached hydrogen (secondary N) is 1. The van der Waals surface area contributed by atoms with Gasteiger partial charge in [-0.1, -0.05) is 13.8 Å². The summed E-state index contributed by atoms with van der Waals surface area (Å²) in [6.45, 7) is 8.17. The van der Waals surface area contributed by atoms with E-state index in [1.807, 2.05) is 6.20 Å². The van der Waals surface area contributed by atoms with Crippen molar-refractivity contribution in [2.75, 3.05) is 11.9 Å². The fourth-order valence-electron chi connectivity index (χ4n) is 1.53. The number of alkyl halides is 1. The first-order valence-corrected chi connectivity index (χ1v) is 5.96. The first-order valence-electron chi connectivity index (χ1n) is 5.52. The molecule has 1 unspecified atom stereocenters. The highest BCUT2D eigenvalue weighted by Gasteiger charge is 2.08. The summed E-state index contributed by atoms with van der Waals surface area (Å²) in [5, 5.41) is 3.44. The topological polar surface area (TPSA) is 29.9 Å². The number of imidazole rings is 1. The molecule has 0 aliphatic rings. The van der Waals surface area contributed by atoms with E-state index in [0.29, 0.717) is 5.92 Å². The van der Waals surface area contributed by atoms with Crippen LogP contribution in [0.15, 0.2) is 12.4 Å². The number of hydrogen-bond donors (Lipinski definition) is 1. The molecule has 0 fully saturated rings. The molecule has 86 valence electrons. The smallest absolute Gasteiger partial charge is 0.202 e. The van der Waals surface area contributed by atoms with E-state index in [4.69, 9.17) is 11.6 Å². The molecule has 1 heterocycles. The monoisotopic (exact) mass is 229 g/mol. The van der Waals surface area contributed by atoms with Gasteiger partial charge in [-0.05, 0) is 19.3 Å². The quantitative estimate of drug-likeness (QED) is 0.761. The Balaban J connectivity index is 2.36. The predicted octanol–water partition coefficient (Wildman–Crippen LogP) is 2.97. The van der Waals surface area contributed by atoms with Crippen LogP contribution in [0.25, 0.3) is 0 Å². The standard InChI is InChI=1S/C11H20ClN3/c1-4-15-6-5-13-11(15)14-8-10(12)7-9(2)3/h5-6,9-10H,4,7-8H2,1-3H3,(H,13,14). The van der Waals surface area contributed by atoms with Crippen LogP contribution in [0.2, 0.25) is 0 Å². The molecule has 0 amide bonds. The van der Waals surface area contributed by atoms with Gasteiger partial charge in [-0.25, -0.2) is 4.98 Å². The molecule has 1 atom stereocenters. The third-order valence-corrected chi connectivity index (χ3v) is 2.60. The van der Waals surface area contributed by atoms with Gasteiger partial charge in [-0.15, -0.1) is 11.6 Å². The average molecular weight is 230 g/mol. The summed E-state index contributed by atoms with van der Waals surface area (Å²) >= 11 is 6.19. The van der Waals surface area contributed by atoms with Crippen LogP contribution >= 0.6 is 11.6 Å². The molecule has 3 nitrogen and oxygen atoms in total. The lowest BCUT2D eigenvalue weighted by molar-refractivity contribution is 0.570. The maximum Gasteiger partial charge on any atom is 0.202 e. The molecule has 15 heavy (non-hydrogen) atoms. The second-order valence-electron chi connectivity index (χ2n) is 4.14. The number of aryl methyl sites for hydroxylation is 1. The number of nitrogens with zero attached hydrogens (tertiary/aromatic N) is 2. The zero-order valence-electron chi connectivity index (χ0n) is 9.70. The molecule has 1 rings (SSSR count). The number of rotatable bonds is 6. The van der Waals surface area contributed by atoms with E-state index >= 15 is 0 Å². The van der Waals surface area contributed by atoms with Gasteiger partial charge in [-0.2, -0.15) is 0 Å². The normalized spacial score (nSPS) is 13.1. The predicted molar refractivity (Wildman–Crippen MR) is 65.5 cm³/mol. The fraction of sp³-hybridized carbons (Fsp3) is 0.727. The molecule has 0 spiro atoms. The SMILES string of the molecule is CCn1ccnc1NCC(Cl)CC(C)C. The Morgan fingerprint density at radius 2 is 2.27 bits per heavy atom. The Morgan fingerprint density at radius 3 is 2.87 bits per heavy atom. The number of aromatic nitrogens is 2. The highest BCUT2D eigenvalue weighted by molar-refractivity contribution is 6.20. The van der Waals surface area contributed by atoms with Crippen LogP contribution in [0.4, 0.5) is 5.95 Å². The molecule has 0 radical (unpaired) electrons. The fourth-order valence-corrected chi connectivity index (χ4v) is 1.96. The molecule has 0 saturated heterocycles. The minimum atomic E-state index is 0.173. The first-order chi connectivity index (χ1) is 7.13. The Labute approximate surface area is 96.8 Å². The van der Waals surface area contributed by atoms with Gasteiger partial charge in [-0.3, -0.25) is 0 Å². The summed E-state index contributed by atoms with van der Waals surface area (Å²) in [6, 6.07) is 0. The molecule has 0 aliphatic heterocycles. The Bertz CT molecular complexity index is 283. The molecule has 0 saturated carbocycles. The van der Waals surface area contributed by atoms with Crippen molar-refractivity contribution in [3.63, 3.8) is 0 Å².